The Labute approximate surface area is 310 Å². The zero-order valence-corrected chi connectivity index (χ0v) is 34.9. The van der Waals surface area contributed by atoms with Crippen LogP contribution in [0.15, 0.2) is 158 Å². The summed E-state index contributed by atoms with van der Waals surface area (Å²) in [4.78, 5) is 0. The first-order chi connectivity index (χ1) is 24.9. The predicted octanol–water partition coefficient (Wildman–Crippen LogP) is 13.9. The summed E-state index contributed by atoms with van der Waals surface area (Å²) in [5.74, 6) is 0. The summed E-state index contributed by atoms with van der Waals surface area (Å²) in [7, 11) is -2.33. The Hall–Kier alpha value is -4.11. The van der Waals surface area contributed by atoms with Crippen molar-refractivity contribution in [3.05, 3.63) is 191 Å². The van der Waals surface area contributed by atoms with Crippen molar-refractivity contribution in [3.8, 4) is 22.3 Å². The van der Waals surface area contributed by atoms with Gasteiger partial charge in [-0.15, -0.1) is 0 Å². The van der Waals surface area contributed by atoms with Gasteiger partial charge in [-0.05, 0) is 0 Å². The Kier molecular flexibility index (Phi) is 8.24. The van der Waals surface area contributed by atoms with Crippen LogP contribution in [0, 0.1) is 0 Å². The molecule has 1 aliphatic heterocycles. The van der Waals surface area contributed by atoms with E-state index in [1.807, 2.05) is 0 Å². The van der Waals surface area contributed by atoms with Crippen LogP contribution in [-0.2, 0) is 20.0 Å². The second kappa shape index (κ2) is 12.8. The molecule has 6 aromatic carbocycles. The molecule has 0 radical (unpaired) electrons. The van der Waals surface area contributed by atoms with Crippen molar-refractivity contribution in [1.82, 2.24) is 0 Å². The van der Waals surface area contributed by atoms with Crippen LogP contribution in [0.3, 0.4) is 0 Å². The van der Waals surface area contributed by atoms with Crippen LogP contribution in [0.4, 0.5) is 0 Å². The molecule has 3 aliphatic rings. The molecule has 0 saturated heterocycles. The Morgan fingerprint density at radius 1 is 0.451 bits per heavy atom. The van der Waals surface area contributed by atoms with Crippen molar-refractivity contribution < 1.29 is 20.0 Å². The molecule has 6 aromatic rings. The van der Waals surface area contributed by atoms with Crippen LogP contribution >= 0.6 is 0 Å². The number of fused-ring (bicyclic) bond motifs is 8. The van der Waals surface area contributed by atoms with Crippen molar-refractivity contribution in [3.63, 3.8) is 0 Å². The molecule has 2 heteroatoms. The first-order valence-corrected chi connectivity index (χ1v) is 33.0. The molecule has 4 bridgehead atoms. The van der Waals surface area contributed by atoms with Gasteiger partial charge in [0.1, 0.15) is 0 Å². The van der Waals surface area contributed by atoms with Gasteiger partial charge in [0.2, 0.25) is 0 Å². The fourth-order valence-corrected chi connectivity index (χ4v) is 32.8. The van der Waals surface area contributed by atoms with Crippen LogP contribution in [0.2, 0.25) is 22.0 Å². The number of hydrogen-bond donors (Lipinski definition) is 0. The molecule has 0 fully saturated rings. The molecule has 250 valence electrons. The van der Waals surface area contributed by atoms with Crippen molar-refractivity contribution in [2.45, 2.75) is 49.1 Å². The van der Waals surface area contributed by atoms with E-state index in [1.165, 1.54) is 52.3 Å². The topological polar surface area (TPSA) is 0 Å². The van der Waals surface area contributed by atoms with Gasteiger partial charge in [-0.3, -0.25) is 0 Å². The van der Waals surface area contributed by atoms with Crippen molar-refractivity contribution in [2.75, 3.05) is 0 Å². The average Bonchev–Trinajstić information content (AvgIpc) is 3.74. The third kappa shape index (κ3) is 5.16. The molecule has 1 heterocycles. The molecule has 0 nitrogen and oxygen atoms in total. The zero-order chi connectivity index (χ0) is 34.7. The van der Waals surface area contributed by atoms with E-state index < -0.39 is 28.0 Å². The van der Waals surface area contributed by atoms with E-state index in [-0.39, 0.29) is 0 Å². The second-order valence-corrected chi connectivity index (χ2v) is 37.2. The van der Waals surface area contributed by atoms with Crippen LogP contribution in [0.25, 0.3) is 43.8 Å². The van der Waals surface area contributed by atoms with Crippen LogP contribution in [0.5, 0.6) is 0 Å². The molecule has 0 N–H and O–H groups in total. The van der Waals surface area contributed by atoms with E-state index in [2.05, 4.69) is 181 Å². The Balaban J connectivity index is 1.34. The van der Waals surface area contributed by atoms with E-state index in [9.17, 15) is 0 Å². The summed E-state index contributed by atoms with van der Waals surface area (Å²) in [6.07, 6.45) is 2.47. The minimum atomic E-state index is -3.44. The van der Waals surface area contributed by atoms with Gasteiger partial charge in [0, 0.05) is 0 Å². The molecule has 2 aliphatic carbocycles. The molecular weight excluding hydrogens is 795 g/mol. The van der Waals surface area contributed by atoms with E-state index in [0.717, 1.165) is 0 Å². The minimum absolute atomic E-state index is 0.496. The fourth-order valence-electron chi connectivity index (χ4n) is 10.2. The maximum atomic E-state index is 2.80. The van der Waals surface area contributed by atoms with Gasteiger partial charge in [-0.1, -0.05) is 0 Å². The quantitative estimate of drug-likeness (QED) is 0.141. The average molecular weight is 841 g/mol. The van der Waals surface area contributed by atoms with Crippen molar-refractivity contribution in [1.29, 1.82) is 0 Å². The van der Waals surface area contributed by atoms with Crippen molar-refractivity contribution in [2.24, 2.45) is 0 Å². The van der Waals surface area contributed by atoms with Gasteiger partial charge in [0.15, 0.2) is 0 Å². The molecule has 51 heavy (non-hydrogen) atoms. The summed E-state index contributed by atoms with van der Waals surface area (Å²) in [6.45, 7) is 5.14. The maximum absolute atomic E-state index is 3.44. The SMILES string of the molecule is CCCC[Si]1(C)C2=C(c3ccc(-c4ccccc4)cc3)[CH](c3ccccc32)[Hf]([CH3])([CH3])[CH]2C(c3ccc(-c4ccccc4)cc3)=C1c1ccccc12. The summed E-state index contributed by atoms with van der Waals surface area (Å²) in [5.41, 5.74) is 17.9. The summed E-state index contributed by atoms with van der Waals surface area (Å²) in [5, 5.41) is 3.47. The normalized spacial score (nSPS) is 21.3. The Bertz CT molecular complexity index is 2150. The van der Waals surface area contributed by atoms with Gasteiger partial charge >= 0.3 is 312 Å². The summed E-state index contributed by atoms with van der Waals surface area (Å²) < 4.78 is 6.59. The number of rotatable bonds is 7. The third-order valence-electron chi connectivity index (χ3n) is 12.4. The van der Waals surface area contributed by atoms with E-state index in [0.29, 0.717) is 7.35 Å². The monoisotopic (exact) mass is 842 g/mol. The molecule has 0 amide bonds. The number of benzene rings is 6. The Morgan fingerprint density at radius 2 is 0.804 bits per heavy atom. The summed E-state index contributed by atoms with van der Waals surface area (Å²) in [6, 6.07) is 61.8. The first-order valence-electron chi connectivity index (χ1n) is 18.9. The van der Waals surface area contributed by atoms with E-state index >= 15 is 0 Å². The van der Waals surface area contributed by atoms with Crippen LogP contribution in [0.1, 0.15) is 60.5 Å². The van der Waals surface area contributed by atoms with Gasteiger partial charge in [-0.25, -0.2) is 0 Å². The molecule has 0 aromatic heterocycles. The molecule has 2 atom stereocenters. The number of hydrogen-bond acceptors (Lipinski definition) is 0. The van der Waals surface area contributed by atoms with Crippen LogP contribution < -0.4 is 0 Å². The van der Waals surface area contributed by atoms with Gasteiger partial charge < -0.3 is 0 Å². The molecular formula is C49H46HfSi. The van der Waals surface area contributed by atoms with Gasteiger partial charge in [0.05, 0.1) is 0 Å². The molecule has 2 unspecified atom stereocenters. The summed E-state index contributed by atoms with van der Waals surface area (Å²) >= 11 is -3.44. The third-order valence-corrected chi connectivity index (χ3v) is 32.1. The standard InChI is InChI=1S/C47H40Si.2CH3.Hf/c1-3-4-31-48(2,46-42-21-13-11-19-40(42)32-44(46)38-27-23-36(24-28-38)34-15-7-5-8-16-34)47-43-22-14-12-20-41(43)33-45(47)39-29-25-37(26-30-39)35-17-9-6-10-18-35;;;/h5-30,32-33H,3-4,31H2,1-2H3;2*1H3;. The van der Waals surface area contributed by atoms with Gasteiger partial charge in [0.25, 0.3) is 0 Å². The van der Waals surface area contributed by atoms with Crippen molar-refractivity contribution >= 4 is 29.6 Å². The number of allylic oxidation sites excluding steroid dienone is 2. The molecule has 0 spiro atoms. The van der Waals surface area contributed by atoms with E-state index in [1.54, 1.807) is 43.8 Å². The van der Waals surface area contributed by atoms with Crippen LogP contribution in [-0.4, -0.2) is 8.07 Å². The first kappa shape index (κ1) is 32.8. The van der Waals surface area contributed by atoms with E-state index in [4.69, 9.17) is 0 Å². The predicted molar refractivity (Wildman–Crippen MR) is 219 cm³/mol. The van der Waals surface area contributed by atoms with Gasteiger partial charge in [-0.2, -0.15) is 0 Å². The fraction of sp³-hybridized carbons (Fsp3) is 0.184. The Morgan fingerprint density at radius 3 is 1.22 bits per heavy atom. The number of unbranched alkanes of at least 4 members (excludes halogenated alkanes) is 1. The zero-order valence-electron chi connectivity index (χ0n) is 30.3. The molecule has 0 saturated carbocycles. The molecule has 9 rings (SSSR count). The second-order valence-electron chi connectivity index (χ2n) is 15.8.